The number of pyridine rings is 1. The molecule has 21 heavy (non-hydrogen) atoms. The molecule has 0 unspecified atom stereocenters. The van der Waals surface area contributed by atoms with E-state index in [9.17, 15) is 0 Å². The molecule has 1 aliphatic rings. The molecule has 4 heteroatoms. The Morgan fingerprint density at radius 3 is 2.95 bits per heavy atom. The third kappa shape index (κ3) is 3.64. The molecule has 0 radical (unpaired) electrons. The smallest absolute Gasteiger partial charge is 0.133 e. The maximum atomic E-state index is 5.52. The van der Waals surface area contributed by atoms with Gasteiger partial charge in [-0.1, -0.05) is 13.0 Å². The molecular formula is C17H23N3O. The SMILES string of the molecule is CCCNCc1cccnc1N(Cc1ccco1)C1CC1. The summed E-state index contributed by atoms with van der Waals surface area (Å²) < 4.78 is 5.52. The van der Waals surface area contributed by atoms with Crippen LogP contribution in [0.3, 0.4) is 0 Å². The molecule has 0 aliphatic heterocycles. The Morgan fingerprint density at radius 2 is 2.24 bits per heavy atom. The van der Waals surface area contributed by atoms with Gasteiger partial charge in [0.1, 0.15) is 11.6 Å². The number of aromatic nitrogens is 1. The molecular weight excluding hydrogens is 262 g/mol. The molecule has 1 saturated carbocycles. The van der Waals surface area contributed by atoms with Crippen molar-refractivity contribution in [1.82, 2.24) is 10.3 Å². The summed E-state index contributed by atoms with van der Waals surface area (Å²) in [6.07, 6.45) is 7.27. The van der Waals surface area contributed by atoms with E-state index in [2.05, 4.69) is 28.2 Å². The van der Waals surface area contributed by atoms with Gasteiger partial charge in [0.25, 0.3) is 0 Å². The van der Waals surface area contributed by atoms with E-state index in [4.69, 9.17) is 4.42 Å². The van der Waals surface area contributed by atoms with Crippen LogP contribution in [0.4, 0.5) is 5.82 Å². The van der Waals surface area contributed by atoms with Crippen LogP contribution in [0.2, 0.25) is 0 Å². The predicted molar refractivity (Wildman–Crippen MR) is 84.1 cm³/mol. The van der Waals surface area contributed by atoms with E-state index in [1.807, 2.05) is 24.4 Å². The highest BCUT2D eigenvalue weighted by molar-refractivity contribution is 5.49. The number of rotatable bonds is 8. The summed E-state index contributed by atoms with van der Waals surface area (Å²) >= 11 is 0. The minimum atomic E-state index is 0.606. The average Bonchev–Trinajstić information content (AvgIpc) is 3.22. The van der Waals surface area contributed by atoms with Crippen molar-refractivity contribution in [3.05, 3.63) is 48.0 Å². The number of hydrogen-bond donors (Lipinski definition) is 1. The first-order valence-corrected chi connectivity index (χ1v) is 7.82. The fourth-order valence-electron chi connectivity index (χ4n) is 2.56. The molecule has 1 aliphatic carbocycles. The molecule has 0 bridgehead atoms. The van der Waals surface area contributed by atoms with Crippen molar-refractivity contribution < 1.29 is 4.42 Å². The van der Waals surface area contributed by atoms with Crippen LogP contribution >= 0.6 is 0 Å². The van der Waals surface area contributed by atoms with Gasteiger partial charge in [0, 0.05) is 24.3 Å². The Balaban J connectivity index is 1.78. The Morgan fingerprint density at radius 1 is 1.33 bits per heavy atom. The lowest BCUT2D eigenvalue weighted by atomic mass is 10.2. The molecule has 0 saturated heterocycles. The number of nitrogens with zero attached hydrogens (tertiary/aromatic N) is 2. The second-order valence-electron chi connectivity index (χ2n) is 5.60. The molecule has 0 spiro atoms. The summed E-state index contributed by atoms with van der Waals surface area (Å²) in [5, 5.41) is 3.47. The highest BCUT2D eigenvalue weighted by Gasteiger charge is 2.31. The number of nitrogens with one attached hydrogen (secondary N) is 1. The Kier molecular flexibility index (Phi) is 4.55. The first kappa shape index (κ1) is 14.1. The molecule has 112 valence electrons. The van der Waals surface area contributed by atoms with Crippen molar-refractivity contribution in [2.45, 2.75) is 45.3 Å². The Hall–Kier alpha value is -1.81. The van der Waals surface area contributed by atoms with E-state index in [0.717, 1.165) is 37.6 Å². The summed E-state index contributed by atoms with van der Waals surface area (Å²) in [4.78, 5) is 7.03. The number of hydrogen-bond acceptors (Lipinski definition) is 4. The minimum absolute atomic E-state index is 0.606. The van der Waals surface area contributed by atoms with Gasteiger partial charge in [0.2, 0.25) is 0 Å². The first-order valence-electron chi connectivity index (χ1n) is 7.82. The van der Waals surface area contributed by atoms with Crippen LogP contribution in [0, 0.1) is 0 Å². The summed E-state index contributed by atoms with van der Waals surface area (Å²) in [5.41, 5.74) is 1.27. The average molecular weight is 285 g/mol. The lowest BCUT2D eigenvalue weighted by molar-refractivity contribution is 0.499. The second kappa shape index (κ2) is 6.76. The van der Waals surface area contributed by atoms with E-state index in [1.165, 1.54) is 18.4 Å². The molecule has 1 fully saturated rings. The lowest BCUT2D eigenvalue weighted by Gasteiger charge is -2.25. The van der Waals surface area contributed by atoms with Crippen molar-refractivity contribution in [3.8, 4) is 0 Å². The van der Waals surface area contributed by atoms with Crippen molar-refractivity contribution >= 4 is 5.82 Å². The van der Waals surface area contributed by atoms with Crippen molar-refractivity contribution in [1.29, 1.82) is 0 Å². The van der Waals surface area contributed by atoms with Crippen LogP contribution in [0.25, 0.3) is 0 Å². The summed E-state index contributed by atoms with van der Waals surface area (Å²) in [7, 11) is 0. The molecule has 0 aromatic carbocycles. The molecule has 0 atom stereocenters. The second-order valence-corrected chi connectivity index (χ2v) is 5.60. The Labute approximate surface area is 126 Å². The van der Waals surface area contributed by atoms with Gasteiger partial charge in [-0.25, -0.2) is 4.98 Å². The molecule has 3 rings (SSSR count). The van der Waals surface area contributed by atoms with Crippen molar-refractivity contribution in [2.75, 3.05) is 11.4 Å². The van der Waals surface area contributed by atoms with E-state index in [0.29, 0.717) is 6.04 Å². The molecule has 1 N–H and O–H groups in total. The van der Waals surface area contributed by atoms with Crippen LogP contribution in [0.15, 0.2) is 41.1 Å². The normalized spacial score (nSPS) is 14.3. The van der Waals surface area contributed by atoms with Gasteiger partial charge in [0.15, 0.2) is 0 Å². The standard InChI is InChI=1S/C17H23N3O/c1-2-9-18-12-14-5-3-10-19-17(14)20(15-7-8-15)13-16-6-4-11-21-16/h3-6,10-11,15,18H,2,7-9,12-13H2,1H3. The summed E-state index contributed by atoms with van der Waals surface area (Å²) in [5.74, 6) is 2.10. The van der Waals surface area contributed by atoms with Crippen LogP contribution in [0.5, 0.6) is 0 Å². The maximum Gasteiger partial charge on any atom is 0.133 e. The van der Waals surface area contributed by atoms with Crippen molar-refractivity contribution in [2.24, 2.45) is 0 Å². The largest absolute Gasteiger partial charge is 0.467 e. The van der Waals surface area contributed by atoms with Crippen molar-refractivity contribution in [3.63, 3.8) is 0 Å². The fraction of sp³-hybridized carbons (Fsp3) is 0.471. The maximum absolute atomic E-state index is 5.52. The van der Waals surface area contributed by atoms with Gasteiger partial charge >= 0.3 is 0 Å². The zero-order chi connectivity index (χ0) is 14.5. The van der Waals surface area contributed by atoms with E-state index < -0.39 is 0 Å². The van der Waals surface area contributed by atoms with Gasteiger partial charge in [-0.3, -0.25) is 0 Å². The highest BCUT2D eigenvalue weighted by Crippen LogP contribution is 2.33. The summed E-state index contributed by atoms with van der Waals surface area (Å²) in [6.45, 7) is 4.90. The third-order valence-electron chi connectivity index (χ3n) is 3.78. The van der Waals surface area contributed by atoms with Crippen LogP contribution in [0.1, 0.15) is 37.5 Å². The number of furan rings is 1. The van der Waals surface area contributed by atoms with Gasteiger partial charge < -0.3 is 14.6 Å². The monoisotopic (exact) mass is 285 g/mol. The highest BCUT2D eigenvalue weighted by atomic mass is 16.3. The Bertz CT molecular complexity index is 549. The molecule has 0 amide bonds. The van der Waals surface area contributed by atoms with E-state index >= 15 is 0 Å². The van der Waals surface area contributed by atoms with E-state index in [1.54, 1.807) is 6.26 Å². The van der Waals surface area contributed by atoms with Crippen LogP contribution < -0.4 is 10.2 Å². The fourth-order valence-corrected chi connectivity index (χ4v) is 2.56. The molecule has 2 aromatic heterocycles. The molecule has 2 heterocycles. The zero-order valence-corrected chi connectivity index (χ0v) is 12.6. The number of anilines is 1. The zero-order valence-electron chi connectivity index (χ0n) is 12.6. The van der Waals surface area contributed by atoms with Gasteiger partial charge in [-0.15, -0.1) is 0 Å². The molecule has 2 aromatic rings. The van der Waals surface area contributed by atoms with Crippen LogP contribution in [-0.4, -0.2) is 17.6 Å². The van der Waals surface area contributed by atoms with Crippen LogP contribution in [-0.2, 0) is 13.1 Å². The predicted octanol–water partition coefficient (Wildman–Crippen LogP) is 3.34. The van der Waals surface area contributed by atoms with Gasteiger partial charge in [0.05, 0.1) is 12.8 Å². The van der Waals surface area contributed by atoms with Gasteiger partial charge in [-0.05, 0) is 44.0 Å². The third-order valence-corrected chi connectivity index (χ3v) is 3.78. The quantitative estimate of drug-likeness (QED) is 0.755. The van der Waals surface area contributed by atoms with Gasteiger partial charge in [-0.2, -0.15) is 0 Å². The van der Waals surface area contributed by atoms with E-state index in [-0.39, 0.29) is 0 Å². The molecule has 4 nitrogen and oxygen atoms in total. The topological polar surface area (TPSA) is 41.3 Å². The lowest BCUT2D eigenvalue weighted by Crippen LogP contribution is -2.28. The summed E-state index contributed by atoms with van der Waals surface area (Å²) in [6, 6.07) is 8.78. The first-order chi connectivity index (χ1) is 10.4. The minimum Gasteiger partial charge on any atom is -0.467 e.